The summed E-state index contributed by atoms with van der Waals surface area (Å²) in [6.45, 7) is 1.43. The van der Waals surface area contributed by atoms with Crippen molar-refractivity contribution in [2.75, 3.05) is 39.9 Å². The number of hydrogen-bond donors (Lipinski definition) is 1. The van der Waals surface area contributed by atoms with Gasteiger partial charge in [-0.3, -0.25) is 4.79 Å². The Morgan fingerprint density at radius 3 is 2.43 bits per heavy atom. The Kier molecular flexibility index (Phi) is 5.43. The van der Waals surface area contributed by atoms with Crippen molar-refractivity contribution in [3.8, 4) is 0 Å². The molecule has 0 saturated carbocycles. The van der Waals surface area contributed by atoms with Crippen molar-refractivity contribution < 1.29 is 32.6 Å². The van der Waals surface area contributed by atoms with E-state index < -0.39 is 36.6 Å². The van der Waals surface area contributed by atoms with Gasteiger partial charge in [0.05, 0.1) is 6.61 Å². The Labute approximate surface area is 120 Å². The molecule has 1 atom stereocenters. The quantitative estimate of drug-likeness (QED) is 0.833. The number of likely N-dealkylation sites (N-methyl/N-ethyl adjacent to an activating group) is 1. The molecule has 1 unspecified atom stereocenters. The lowest BCUT2D eigenvalue weighted by molar-refractivity contribution is -0.227. The van der Waals surface area contributed by atoms with Gasteiger partial charge in [0.25, 0.3) is 0 Å². The van der Waals surface area contributed by atoms with Crippen LogP contribution < -0.4 is 0 Å². The van der Waals surface area contributed by atoms with Crippen molar-refractivity contribution in [1.82, 2.24) is 9.80 Å². The van der Waals surface area contributed by atoms with Crippen LogP contribution in [0.4, 0.5) is 18.0 Å². The number of carbonyl (C=O) groups excluding carboxylic acids is 1. The molecular weight excluding hydrogens is 293 g/mol. The number of carboxylic acid groups (broad SMARTS) is 1. The van der Waals surface area contributed by atoms with Crippen LogP contribution in [0.15, 0.2) is 0 Å². The van der Waals surface area contributed by atoms with Crippen LogP contribution in [0.5, 0.6) is 0 Å². The van der Waals surface area contributed by atoms with Crippen molar-refractivity contribution in [2.45, 2.75) is 19.5 Å². The number of likely N-dealkylation sites (tertiary alicyclic amines) is 1. The second kappa shape index (κ2) is 6.50. The van der Waals surface area contributed by atoms with E-state index in [0.29, 0.717) is 6.54 Å². The highest BCUT2D eigenvalue weighted by Gasteiger charge is 2.64. The Morgan fingerprint density at radius 1 is 1.43 bits per heavy atom. The highest BCUT2D eigenvalue weighted by atomic mass is 19.4. The molecule has 0 aromatic carbocycles. The molecule has 0 aromatic heterocycles. The standard InChI is InChI=1S/C12H19F3N2O4/c1-3-16(6-7-21-2)10(20)17-5-4-11(8-17,9(18)19)12(13,14)15/h3-8H2,1-2H3,(H,18,19). The van der Waals surface area contributed by atoms with E-state index in [4.69, 9.17) is 9.84 Å². The van der Waals surface area contributed by atoms with Gasteiger partial charge < -0.3 is 19.6 Å². The van der Waals surface area contributed by atoms with Crippen molar-refractivity contribution >= 4 is 12.0 Å². The number of methoxy groups -OCH3 is 1. The molecule has 0 spiro atoms. The second-order valence-corrected chi connectivity index (χ2v) is 4.91. The average molecular weight is 312 g/mol. The molecule has 0 bridgehead atoms. The minimum atomic E-state index is -4.89. The van der Waals surface area contributed by atoms with Crippen molar-refractivity contribution in [3.05, 3.63) is 0 Å². The highest BCUT2D eigenvalue weighted by Crippen LogP contribution is 2.45. The second-order valence-electron chi connectivity index (χ2n) is 4.91. The minimum Gasteiger partial charge on any atom is -0.481 e. The van der Waals surface area contributed by atoms with Gasteiger partial charge in [-0.05, 0) is 13.3 Å². The molecular formula is C12H19F3N2O4. The number of carboxylic acids is 1. The van der Waals surface area contributed by atoms with E-state index >= 15 is 0 Å². The number of halogens is 3. The first-order valence-corrected chi connectivity index (χ1v) is 6.52. The number of rotatable bonds is 5. The van der Waals surface area contributed by atoms with Gasteiger partial charge >= 0.3 is 18.2 Å². The van der Waals surface area contributed by atoms with Crippen LogP contribution >= 0.6 is 0 Å². The molecule has 122 valence electrons. The van der Waals surface area contributed by atoms with Crippen LogP contribution in [-0.4, -0.2) is 73.0 Å². The summed E-state index contributed by atoms with van der Waals surface area (Å²) < 4.78 is 43.9. The van der Waals surface area contributed by atoms with E-state index in [0.717, 1.165) is 4.90 Å². The number of hydrogen-bond acceptors (Lipinski definition) is 3. The van der Waals surface area contributed by atoms with E-state index in [9.17, 15) is 22.8 Å². The molecule has 1 fully saturated rings. The first-order chi connectivity index (χ1) is 9.69. The lowest BCUT2D eigenvalue weighted by Crippen LogP contribution is -2.50. The topological polar surface area (TPSA) is 70.1 Å². The van der Waals surface area contributed by atoms with Crippen molar-refractivity contribution in [2.24, 2.45) is 5.41 Å². The Morgan fingerprint density at radius 2 is 2.05 bits per heavy atom. The van der Waals surface area contributed by atoms with Gasteiger partial charge in [0.2, 0.25) is 0 Å². The van der Waals surface area contributed by atoms with Crippen molar-refractivity contribution in [3.63, 3.8) is 0 Å². The molecule has 1 N–H and O–H groups in total. The number of urea groups is 1. The van der Waals surface area contributed by atoms with Crippen LogP contribution in [0.2, 0.25) is 0 Å². The molecule has 1 aliphatic heterocycles. The summed E-state index contributed by atoms with van der Waals surface area (Å²) in [5.41, 5.74) is -2.87. The molecule has 21 heavy (non-hydrogen) atoms. The third-order valence-corrected chi connectivity index (χ3v) is 3.71. The minimum absolute atomic E-state index is 0.228. The number of alkyl halides is 3. The van der Waals surface area contributed by atoms with Gasteiger partial charge in [0.15, 0.2) is 5.41 Å². The first kappa shape index (κ1) is 17.5. The van der Waals surface area contributed by atoms with Gasteiger partial charge in [-0.25, -0.2) is 4.79 Å². The van der Waals surface area contributed by atoms with Gasteiger partial charge in [-0.1, -0.05) is 0 Å². The summed E-state index contributed by atoms with van der Waals surface area (Å²) in [4.78, 5) is 25.5. The van der Waals surface area contributed by atoms with E-state index in [-0.39, 0.29) is 19.7 Å². The zero-order valence-corrected chi connectivity index (χ0v) is 11.9. The Bertz CT molecular complexity index is 402. The van der Waals surface area contributed by atoms with Gasteiger partial charge in [0, 0.05) is 33.3 Å². The fourth-order valence-corrected chi connectivity index (χ4v) is 2.29. The summed E-state index contributed by atoms with van der Waals surface area (Å²) in [5.74, 6) is -1.94. The van der Waals surface area contributed by atoms with Gasteiger partial charge in [0.1, 0.15) is 0 Å². The van der Waals surface area contributed by atoms with E-state index in [1.165, 1.54) is 12.0 Å². The zero-order valence-electron chi connectivity index (χ0n) is 11.9. The monoisotopic (exact) mass is 312 g/mol. The maximum Gasteiger partial charge on any atom is 0.406 e. The van der Waals surface area contributed by atoms with Crippen molar-refractivity contribution in [1.29, 1.82) is 0 Å². The predicted octanol–water partition coefficient (Wildman–Crippen LogP) is 1.41. The van der Waals surface area contributed by atoms with E-state index in [2.05, 4.69) is 0 Å². The highest BCUT2D eigenvalue weighted by molar-refractivity contribution is 5.80. The smallest absolute Gasteiger partial charge is 0.406 e. The van der Waals surface area contributed by atoms with Crippen LogP contribution in [0, 0.1) is 5.41 Å². The van der Waals surface area contributed by atoms with Crippen LogP contribution in [-0.2, 0) is 9.53 Å². The number of aliphatic carboxylic acids is 1. The van der Waals surface area contributed by atoms with E-state index in [1.54, 1.807) is 6.92 Å². The molecule has 6 nitrogen and oxygen atoms in total. The molecule has 1 heterocycles. The molecule has 0 aliphatic carbocycles. The fraction of sp³-hybridized carbons (Fsp3) is 0.833. The SMILES string of the molecule is CCN(CCOC)C(=O)N1CCC(C(=O)O)(C(F)(F)F)C1. The Hall–Kier alpha value is -1.51. The van der Waals surface area contributed by atoms with E-state index in [1.807, 2.05) is 0 Å². The van der Waals surface area contributed by atoms with Gasteiger partial charge in [-0.15, -0.1) is 0 Å². The molecule has 0 radical (unpaired) electrons. The number of amides is 2. The first-order valence-electron chi connectivity index (χ1n) is 6.52. The third kappa shape index (κ3) is 3.39. The molecule has 1 saturated heterocycles. The molecule has 0 aromatic rings. The molecule has 2 amide bonds. The van der Waals surface area contributed by atoms with Crippen LogP contribution in [0.25, 0.3) is 0 Å². The largest absolute Gasteiger partial charge is 0.481 e. The zero-order chi connectivity index (χ0) is 16.3. The fourth-order valence-electron chi connectivity index (χ4n) is 2.29. The number of ether oxygens (including phenoxy) is 1. The summed E-state index contributed by atoms with van der Waals surface area (Å²) in [6, 6.07) is -0.595. The maximum absolute atomic E-state index is 13.0. The summed E-state index contributed by atoms with van der Waals surface area (Å²) in [5, 5.41) is 8.94. The number of nitrogens with zero attached hydrogens (tertiary/aromatic N) is 2. The Balaban J connectivity index is 2.84. The van der Waals surface area contributed by atoms with Crippen LogP contribution in [0.3, 0.4) is 0 Å². The van der Waals surface area contributed by atoms with Gasteiger partial charge in [-0.2, -0.15) is 13.2 Å². The maximum atomic E-state index is 13.0. The normalized spacial score (nSPS) is 22.4. The average Bonchev–Trinajstić information content (AvgIpc) is 2.85. The van der Waals surface area contributed by atoms with Crippen LogP contribution in [0.1, 0.15) is 13.3 Å². The molecule has 1 rings (SSSR count). The predicted molar refractivity (Wildman–Crippen MR) is 66.8 cm³/mol. The lowest BCUT2D eigenvalue weighted by Gasteiger charge is -2.30. The summed E-state index contributed by atoms with van der Waals surface area (Å²) >= 11 is 0. The summed E-state index contributed by atoms with van der Waals surface area (Å²) in [7, 11) is 1.45. The third-order valence-electron chi connectivity index (χ3n) is 3.71. The molecule has 1 aliphatic rings. The molecule has 9 heteroatoms. The lowest BCUT2D eigenvalue weighted by atomic mass is 9.86. The number of carbonyl (C=O) groups is 2. The summed E-state index contributed by atoms with van der Waals surface area (Å²) in [6.07, 6.45) is -5.52.